The van der Waals surface area contributed by atoms with E-state index in [1.54, 1.807) is 17.5 Å². The van der Waals surface area contributed by atoms with Gasteiger partial charge in [0, 0.05) is 41.7 Å². The molecular formula is C22H31N5OS. The molecule has 3 fully saturated rings. The standard InChI is InChI=1S/C22H31N5OS/c1-3-27-13-16(12-23-27)25-22(28)21-11-18(14(2)29-21)19-10-20(19)24-15-6-8-26(9-7-15)17-4-5-17/h11-13,15,17,19-20,24H,3-10H2,1-2H3,(H,25,28). The third kappa shape index (κ3) is 4.27. The van der Waals surface area contributed by atoms with Gasteiger partial charge in [0.25, 0.3) is 5.91 Å². The molecule has 2 aromatic heterocycles. The fraction of sp³-hybridized carbons (Fsp3) is 0.636. The Morgan fingerprint density at radius 1 is 1.28 bits per heavy atom. The third-order valence-corrected chi connectivity index (χ3v) is 7.69. The molecule has 2 saturated carbocycles. The molecule has 1 aliphatic heterocycles. The van der Waals surface area contributed by atoms with E-state index in [4.69, 9.17) is 0 Å². The number of thiophene rings is 1. The molecule has 0 spiro atoms. The number of hydrogen-bond donors (Lipinski definition) is 2. The number of aryl methyl sites for hydroxylation is 2. The molecule has 7 heteroatoms. The molecule has 0 bridgehead atoms. The van der Waals surface area contributed by atoms with Gasteiger partial charge in [-0.1, -0.05) is 0 Å². The van der Waals surface area contributed by atoms with Gasteiger partial charge < -0.3 is 15.5 Å². The summed E-state index contributed by atoms with van der Waals surface area (Å²) in [4.78, 5) is 17.4. The van der Waals surface area contributed by atoms with E-state index >= 15 is 0 Å². The topological polar surface area (TPSA) is 62.2 Å². The van der Waals surface area contributed by atoms with Crippen molar-refractivity contribution in [2.75, 3.05) is 18.4 Å². The molecule has 6 nitrogen and oxygen atoms in total. The number of piperidine rings is 1. The minimum Gasteiger partial charge on any atom is -0.319 e. The second kappa shape index (κ2) is 7.85. The van der Waals surface area contributed by atoms with Gasteiger partial charge in [0.05, 0.1) is 16.8 Å². The van der Waals surface area contributed by atoms with Crippen molar-refractivity contribution in [1.82, 2.24) is 20.0 Å². The number of carbonyl (C=O) groups excluding carboxylic acids is 1. The smallest absolute Gasteiger partial charge is 0.265 e. The second-order valence-electron chi connectivity index (χ2n) is 8.82. The van der Waals surface area contributed by atoms with Crippen molar-refractivity contribution in [1.29, 1.82) is 0 Å². The number of likely N-dealkylation sites (tertiary alicyclic amines) is 1. The van der Waals surface area contributed by atoms with Gasteiger partial charge in [0.2, 0.25) is 0 Å². The summed E-state index contributed by atoms with van der Waals surface area (Å²) in [7, 11) is 0. The predicted molar refractivity (Wildman–Crippen MR) is 117 cm³/mol. The Morgan fingerprint density at radius 3 is 2.76 bits per heavy atom. The van der Waals surface area contributed by atoms with Crippen molar-refractivity contribution in [3.05, 3.63) is 33.8 Å². The molecule has 0 radical (unpaired) electrons. The van der Waals surface area contributed by atoms with Crippen LogP contribution in [-0.4, -0.2) is 51.8 Å². The van der Waals surface area contributed by atoms with Crippen molar-refractivity contribution < 1.29 is 4.79 Å². The number of hydrogen-bond acceptors (Lipinski definition) is 5. The molecule has 2 N–H and O–H groups in total. The highest BCUT2D eigenvalue weighted by Crippen LogP contribution is 2.45. The molecule has 2 unspecified atom stereocenters. The van der Waals surface area contributed by atoms with Crippen LogP contribution >= 0.6 is 11.3 Å². The lowest BCUT2D eigenvalue weighted by atomic mass is 10.0. The number of aromatic nitrogens is 2. The van der Waals surface area contributed by atoms with E-state index in [1.165, 1.54) is 55.6 Å². The van der Waals surface area contributed by atoms with Gasteiger partial charge in [-0.15, -0.1) is 11.3 Å². The number of nitrogens with one attached hydrogen (secondary N) is 2. The first-order valence-electron chi connectivity index (χ1n) is 11.0. The lowest BCUT2D eigenvalue weighted by molar-refractivity contribution is 0.103. The number of nitrogens with zero attached hydrogens (tertiary/aromatic N) is 3. The predicted octanol–water partition coefficient (Wildman–Crippen LogP) is 3.60. The average Bonchev–Trinajstić information content (AvgIpc) is 3.63. The first-order chi connectivity index (χ1) is 14.1. The molecule has 29 heavy (non-hydrogen) atoms. The van der Waals surface area contributed by atoms with Crippen LogP contribution in [0.2, 0.25) is 0 Å². The van der Waals surface area contributed by atoms with E-state index < -0.39 is 0 Å². The summed E-state index contributed by atoms with van der Waals surface area (Å²) >= 11 is 1.61. The Kier molecular flexibility index (Phi) is 5.22. The van der Waals surface area contributed by atoms with E-state index in [2.05, 4.69) is 33.6 Å². The molecule has 156 valence electrons. The first kappa shape index (κ1) is 19.3. The van der Waals surface area contributed by atoms with E-state index in [0.717, 1.165) is 23.2 Å². The average molecular weight is 414 g/mol. The Bertz CT molecular complexity index is 878. The summed E-state index contributed by atoms with van der Waals surface area (Å²) in [5, 5.41) is 11.1. The summed E-state index contributed by atoms with van der Waals surface area (Å²) in [6.45, 7) is 7.50. The lowest BCUT2D eigenvalue weighted by Gasteiger charge is -2.32. The van der Waals surface area contributed by atoms with Gasteiger partial charge in [-0.3, -0.25) is 9.48 Å². The number of anilines is 1. The van der Waals surface area contributed by atoms with Crippen LogP contribution < -0.4 is 10.6 Å². The molecule has 2 atom stereocenters. The maximum absolute atomic E-state index is 12.7. The van der Waals surface area contributed by atoms with Crippen LogP contribution in [0.5, 0.6) is 0 Å². The lowest BCUT2D eigenvalue weighted by Crippen LogP contribution is -2.44. The highest BCUT2D eigenvalue weighted by atomic mass is 32.1. The van der Waals surface area contributed by atoms with Crippen LogP contribution in [0.4, 0.5) is 5.69 Å². The Labute approximate surface area is 176 Å². The van der Waals surface area contributed by atoms with Gasteiger partial charge in [-0.05, 0) is 70.7 Å². The van der Waals surface area contributed by atoms with Gasteiger partial charge in [0.1, 0.15) is 0 Å². The monoisotopic (exact) mass is 413 g/mol. The first-order valence-corrected chi connectivity index (χ1v) is 11.9. The maximum atomic E-state index is 12.7. The van der Waals surface area contributed by atoms with E-state index in [-0.39, 0.29) is 5.91 Å². The van der Waals surface area contributed by atoms with Crippen molar-refractivity contribution in [2.24, 2.45) is 0 Å². The Morgan fingerprint density at radius 2 is 2.07 bits per heavy atom. The summed E-state index contributed by atoms with van der Waals surface area (Å²) < 4.78 is 1.82. The molecule has 3 aliphatic rings. The summed E-state index contributed by atoms with van der Waals surface area (Å²) in [6.07, 6.45) is 10.2. The molecule has 2 aromatic rings. The van der Waals surface area contributed by atoms with Crippen LogP contribution in [0.3, 0.4) is 0 Å². The maximum Gasteiger partial charge on any atom is 0.265 e. The summed E-state index contributed by atoms with van der Waals surface area (Å²) in [5.74, 6) is 0.537. The second-order valence-corrected chi connectivity index (χ2v) is 10.1. The van der Waals surface area contributed by atoms with Gasteiger partial charge in [-0.2, -0.15) is 5.10 Å². The highest BCUT2D eigenvalue weighted by molar-refractivity contribution is 7.14. The zero-order valence-corrected chi connectivity index (χ0v) is 18.2. The zero-order chi connectivity index (χ0) is 20.0. The third-order valence-electron chi connectivity index (χ3n) is 6.63. The Hall–Kier alpha value is -1.70. The van der Waals surface area contributed by atoms with Crippen LogP contribution in [-0.2, 0) is 6.54 Å². The molecule has 5 rings (SSSR count). The summed E-state index contributed by atoms with van der Waals surface area (Å²) in [6, 6.07) is 4.26. The van der Waals surface area contributed by atoms with Gasteiger partial charge in [0.15, 0.2) is 0 Å². The summed E-state index contributed by atoms with van der Waals surface area (Å²) in [5.41, 5.74) is 2.12. The van der Waals surface area contributed by atoms with Crippen LogP contribution in [0, 0.1) is 6.92 Å². The number of carbonyl (C=O) groups is 1. The Balaban J connectivity index is 1.15. The molecule has 1 amide bonds. The number of rotatable bonds is 7. The van der Waals surface area contributed by atoms with Gasteiger partial charge in [-0.25, -0.2) is 0 Å². The number of amides is 1. The van der Waals surface area contributed by atoms with E-state index in [1.807, 2.05) is 17.8 Å². The normalized spacial score (nSPS) is 25.3. The molecule has 2 aliphatic carbocycles. The molecular weight excluding hydrogens is 382 g/mol. The largest absolute Gasteiger partial charge is 0.319 e. The molecule has 1 saturated heterocycles. The quantitative estimate of drug-likeness (QED) is 0.728. The van der Waals surface area contributed by atoms with Crippen molar-refractivity contribution in [3.63, 3.8) is 0 Å². The van der Waals surface area contributed by atoms with E-state index in [9.17, 15) is 4.79 Å². The fourth-order valence-corrected chi connectivity index (χ4v) is 5.65. The van der Waals surface area contributed by atoms with E-state index in [0.29, 0.717) is 18.0 Å². The minimum atomic E-state index is -0.0300. The van der Waals surface area contributed by atoms with Gasteiger partial charge >= 0.3 is 0 Å². The zero-order valence-electron chi connectivity index (χ0n) is 17.4. The molecule has 3 heterocycles. The fourth-order valence-electron chi connectivity index (χ4n) is 4.67. The van der Waals surface area contributed by atoms with Crippen molar-refractivity contribution in [2.45, 2.75) is 76.5 Å². The van der Waals surface area contributed by atoms with Crippen LogP contribution in [0.1, 0.15) is 65.1 Å². The van der Waals surface area contributed by atoms with Crippen LogP contribution in [0.15, 0.2) is 18.5 Å². The minimum absolute atomic E-state index is 0.0300. The SMILES string of the molecule is CCn1cc(NC(=O)c2cc(C3CC3NC3CCN(C4CC4)CC3)c(C)s2)cn1. The molecule has 0 aromatic carbocycles. The van der Waals surface area contributed by atoms with Crippen LogP contribution in [0.25, 0.3) is 0 Å². The van der Waals surface area contributed by atoms with Crippen molar-refractivity contribution >= 4 is 22.9 Å². The van der Waals surface area contributed by atoms with Crippen molar-refractivity contribution in [3.8, 4) is 0 Å². The highest BCUT2D eigenvalue weighted by Gasteiger charge is 2.42.